The van der Waals surface area contributed by atoms with Crippen LogP contribution in [0.25, 0.3) is 11.3 Å². The molecule has 28 heavy (non-hydrogen) atoms. The minimum atomic E-state index is -3.25. The topological polar surface area (TPSA) is 64.3 Å². The maximum atomic E-state index is 12.5. The summed E-state index contributed by atoms with van der Waals surface area (Å²) in [5.41, 5.74) is 3.14. The van der Waals surface area contributed by atoms with E-state index in [4.69, 9.17) is 4.42 Å². The van der Waals surface area contributed by atoms with Gasteiger partial charge < -0.3 is 4.42 Å². The number of carbonyl (C=O) groups is 1. The first kappa shape index (κ1) is 20.1. The summed E-state index contributed by atoms with van der Waals surface area (Å²) < 4.78 is 29.2. The summed E-state index contributed by atoms with van der Waals surface area (Å²) in [5.74, 6) is 0.758. The third kappa shape index (κ3) is 4.60. The van der Waals surface area contributed by atoms with Gasteiger partial charge in [0.05, 0.1) is 16.8 Å². The molecule has 0 spiro atoms. The van der Waals surface area contributed by atoms with Gasteiger partial charge in [-0.1, -0.05) is 48.5 Å². The number of hydrogen-bond acceptors (Lipinski definition) is 4. The second-order valence-corrected chi connectivity index (χ2v) is 10.6. The molecule has 0 aliphatic rings. The Labute approximate surface area is 166 Å². The molecule has 1 heterocycles. The lowest BCUT2D eigenvalue weighted by molar-refractivity contribution is 0.0993. The lowest BCUT2D eigenvalue weighted by Gasteiger charge is -2.19. The summed E-state index contributed by atoms with van der Waals surface area (Å²) in [6.45, 7) is 5.08. The van der Waals surface area contributed by atoms with Gasteiger partial charge in [0.25, 0.3) is 0 Å². The Morgan fingerprint density at radius 1 is 0.893 bits per heavy atom. The summed E-state index contributed by atoms with van der Waals surface area (Å²) in [4.78, 5) is 12.5. The van der Waals surface area contributed by atoms with Crippen molar-refractivity contribution in [3.63, 3.8) is 0 Å². The van der Waals surface area contributed by atoms with Crippen LogP contribution in [0.3, 0.4) is 0 Å². The first-order valence-electron chi connectivity index (χ1n) is 9.13. The highest BCUT2D eigenvalue weighted by Gasteiger charge is 2.28. The Hall–Kier alpha value is -2.66. The molecular formula is C23H24O4S. The molecule has 3 rings (SSSR count). The van der Waals surface area contributed by atoms with Crippen molar-refractivity contribution in [1.29, 1.82) is 0 Å². The second-order valence-electron chi connectivity index (χ2n) is 7.84. The van der Waals surface area contributed by atoms with Gasteiger partial charge in [-0.15, -0.1) is 0 Å². The van der Waals surface area contributed by atoms with Crippen LogP contribution in [0.5, 0.6) is 0 Å². The Kier molecular flexibility index (Phi) is 5.57. The van der Waals surface area contributed by atoms with Crippen molar-refractivity contribution in [2.75, 3.05) is 0 Å². The van der Waals surface area contributed by atoms with Crippen molar-refractivity contribution in [2.24, 2.45) is 0 Å². The van der Waals surface area contributed by atoms with Crippen LogP contribution in [0.2, 0.25) is 0 Å². The summed E-state index contributed by atoms with van der Waals surface area (Å²) >= 11 is 0. The van der Waals surface area contributed by atoms with E-state index in [-0.39, 0.29) is 18.0 Å². The molecule has 5 heteroatoms. The van der Waals surface area contributed by atoms with E-state index in [0.29, 0.717) is 11.1 Å². The van der Waals surface area contributed by atoms with E-state index >= 15 is 0 Å². The Bertz CT molecular complexity index is 1040. The predicted molar refractivity (Wildman–Crippen MR) is 111 cm³/mol. The van der Waals surface area contributed by atoms with E-state index in [1.165, 1.54) is 0 Å². The maximum Gasteiger partial charge on any atom is 0.167 e. The molecule has 1 aromatic heterocycles. The molecule has 4 nitrogen and oxygen atoms in total. The first-order valence-corrected chi connectivity index (χ1v) is 10.8. The Morgan fingerprint density at radius 2 is 1.50 bits per heavy atom. The van der Waals surface area contributed by atoms with E-state index in [1.807, 2.05) is 36.4 Å². The normalized spacial score (nSPS) is 12.1. The zero-order chi connectivity index (χ0) is 20.4. The molecule has 0 radical (unpaired) electrons. The summed E-state index contributed by atoms with van der Waals surface area (Å²) in [6, 6.07) is 18.3. The van der Waals surface area contributed by atoms with Crippen LogP contribution in [-0.4, -0.2) is 18.9 Å². The number of carbonyl (C=O) groups excluding carboxylic acids is 1. The molecular weight excluding hydrogens is 372 g/mol. The Morgan fingerprint density at radius 3 is 2.04 bits per heavy atom. The van der Waals surface area contributed by atoms with E-state index in [9.17, 15) is 13.2 Å². The average molecular weight is 397 g/mol. The molecule has 0 saturated carbocycles. The minimum Gasteiger partial charge on any atom is -0.464 e. The highest BCUT2D eigenvalue weighted by atomic mass is 32.2. The third-order valence-corrected chi connectivity index (χ3v) is 7.27. The monoisotopic (exact) mass is 396 g/mol. The van der Waals surface area contributed by atoms with Gasteiger partial charge in [-0.3, -0.25) is 4.79 Å². The third-order valence-electron chi connectivity index (χ3n) is 4.69. The lowest BCUT2D eigenvalue weighted by Crippen LogP contribution is -2.29. The van der Waals surface area contributed by atoms with Crippen molar-refractivity contribution in [3.8, 4) is 11.3 Å². The van der Waals surface area contributed by atoms with E-state index in [2.05, 4.69) is 0 Å². The zero-order valence-corrected chi connectivity index (χ0v) is 17.1. The molecule has 0 unspecified atom stereocenters. The average Bonchev–Trinajstić information content (AvgIpc) is 3.16. The zero-order valence-electron chi connectivity index (χ0n) is 16.3. The highest BCUT2D eigenvalue weighted by Crippen LogP contribution is 2.22. The van der Waals surface area contributed by atoms with Crippen molar-refractivity contribution < 1.29 is 17.6 Å². The van der Waals surface area contributed by atoms with Crippen LogP contribution < -0.4 is 0 Å². The van der Waals surface area contributed by atoms with Crippen LogP contribution in [0, 0.1) is 0 Å². The predicted octanol–water partition coefficient (Wildman–Crippen LogP) is 5.09. The highest BCUT2D eigenvalue weighted by molar-refractivity contribution is 7.91. The Balaban J connectivity index is 1.66. The fourth-order valence-electron chi connectivity index (χ4n) is 2.74. The van der Waals surface area contributed by atoms with Gasteiger partial charge in [0.1, 0.15) is 5.76 Å². The van der Waals surface area contributed by atoms with Crippen molar-refractivity contribution in [1.82, 2.24) is 0 Å². The van der Waals surface area contributed by atoms with Crippen molar-refractivity contribution >= 4 is 15.6 Å². The molecule has 0 aliphatic carbocycles. The van der Waals surface area contributed by atoms with Gasteiger partial charge in [0.2, 0.25) is 0 Å². The fraction of sp³-hybridized carbons (Fsp3) is 0.261. The van der Waals surface area contributed by atoms with Crippen LogP contribution in [0.15, 0.2) is 71.3 Å². The van der Waals surface area contributed by atoms with Gasteiger partial charge in [-0.25, -0.2) is 8.42 Å². The molecule has 2 aromatic carbocycles. The molecule has 3 aromatic rings. The van der Waals surface area contributed by atoms with Crippen LogP contribution in [0.4, 0.5) is 0 Å². The quantitative estimate of drug-likeness (QED) is 0.545. The largest absolute Gasteiger partial charge is 0.464 e. The molecule has 0 fully saturated rings. The molecule has 0 aliphatic heterocycles. The molecule has 0 bridgehead atoms. The van der Waals surface area contributed by atoms with Gasteiger partial charge >= 0.3 is 0 Å². The molecule has 0 atom stereocenters. The summed E-state index contributed by atoms with van der Waals surface area (Å²) in [5, 5.41) is 0. The van der Waals surface area contributed by atoms with Gasteiger partial charge in [0, 0.05) is 17.5 Å². The number of ketones is 1. The number of furan rings is 1. The summed E-state index contributed by atoms with van der Waals surface area (Å²) in [6.07, 6.45) is 1.92. The van der Waals surface area contributed by atoms with Crippen molar-refractivity contribution in [2.45, 2.75) is 37.7 Å². The van der Waals surface area contributed by atoms with Crippen LogP contribution >= 0.6 is 0 Å². The van der Waals surface area contributed by atoms with E-state index < -0.39 is 14.6 Å². The standard InChI is InChI=1S/C23H24O4S/c1-23(2,3)28(25,26)16-18-8-10-19(11-9-18)21(24)15-17-6-12-20(13-7-17)22-5-4-14-27-22/h4-14H,15-16H2,1-3H3. The number of Topliss-reactive ketones (excluding diaryl/α,β-unsaturated/α-hetero) is 1. The fourth-order valence-corrected chi connectivity index (χ4v) is 3.80. The molecule has 0 amide bonds. The lowest BCUT2D eigenvalue weighted by atomic mass is 10.0. The van der Waals surface area contributed by atoms with Crippen LogP contribution in [0.1, 0.15) is 42.3 Å². The minimum absolute atomic E-state index is 0.00372. The number of sulfone groups is 1. The van der Waals surface area contributed by atoms with Crippen LogP contribution in [-0.2, 0) is 22.0 Å². The van der Waals surface area contributed by atoms with E-state index in [0.717, 1.165) is 16.9 Å². The second kappa shape index (κ2) is 7.76. The maximum absolute atomic E-state index is 12.5. The number of rotatable bonds is 6. The smallest absolute Gasteiger partial charge is 0.167 e. The molecule has 0 N–H and O–H groups in total. The molecule has 146 valence electrons. The molecule has 0 saturated heterocycles. The summed E-state index contributed by atoms with van der Waals surface area (Å²) in [7, 11) is -3.25. The van der Waals surface area contributed by atoms with Gasteiger partial charge in [-0.05, 0) is 44.0 Å². The van der Waals surface area contributed by atoms with Crippen molar-refractivity contribution in [3.05, 3.63) is 83.6 Å². The van der Waals surface area contributed by atoms with Gasteiger partial charge in [-0.2, -0.15) is 0 Å². The first-order chi connectivity index (χ1) is 13.2. The van der Waals surface area contributed by atoms with E-state index in [1.54, 1.807) is 51.3 Å². The van der Waals surface area contributed by atoms with Gasteiger partial charge in [0.15, 0.2) is 15.6 Å². The SMILES string of the molecule is CC(C)(C)S(=O)(=O)Cc1ccc(C(=O)Cc2ccc(-c3ccco3)cc2)cc1. The number of hydrogen-bond donors (Lipinski definition) is 0. The number of benzene rings is 2.